The molecule has 0 unspecified atom stereocenters. The number of hydrogen-bond acceptors (Lipinski definition) is 4. The Morgan fingerprint density at radius 2 is 1.77 bits per heavy atom. The molecule has 0 aromatic heterocycles. The number of esters is 1. The predicted molar refractivity (Wildman–Crippen MR) is 86.4 cm³/mol. The van der Waals surface area contributed by atoms with Crippen molar-refractivity contribution in [2.75, 3.05) is 7.11 Å². The van der Waals surface area contributed by atoms with E-state index in [1.165, 1.54) is 7.11 Å². The van der Waals surface area contributed by atoms with Crippen molar-refractivity contribution in [3.8, 4) is 0 Å². The van der Waals surface area contributed by atoms with Crippen LogP contribution in [0.15, 0.2) is 30.3 Å². The van der Waals surface area contributed by atoms with Crippen LogP contribution in [-0.4, -0.2) is 45.8 Å². The zero-order valence-corrected chi connectivity index (χ0v) is 15.3. The van der Waals surface area contributed by atoms with Crippen LogP contribution in [0.5, 0.6) is 0 Å². The molecular weight excluding hydrogens is 349 g/mol. The third-order valence-corrected chi connectivity index (χ3v) is 5.16. The predicted octanol–water partition coefficient (Wildman–Crippen LogP) is 1.89. The third-order valence-electron chi connectivity index (χ3n) is 2.66. The van der Waals surface area contributed by atoms with Gasteiger partial charge in [-0.05, 0) is 0 Å². The number of carbonyl (C=O) groups excluding carboxylic acids is 2. The second kappa shape index (κ2) is 8.20. The van der Waals surface area contributed by atoms with E-state index in [9.17, 15) is 9.59 Å². The monoisotopic (exact) mass is 373 g/mol. The number of methoxy groups -OCH3 is 1. The molecule has 0 aliphatic heterocycles. The van der Waals surface area contributed by atoms with Gasteiger partial charge in [0.2, 0.25) is 0 Å². The standard InChI is InChI=1S/C16H23NO4Se/c1-11(22-12-9-7-6-8-10-12)13(14(18)20-5)17-15(19)21-16(2,3)4/h6-11,13H,1-5H3,(H,17,19)/t11-,13+/m1/s1. The van der Waals surface area contributed by atoms with Gasteiger partial charge in [0.1, 0.15) is 0 Å². The molecule has 1 rings (SSSR count). The van der Waals surface area contributed by atoms with E-state index in [1.54, 1.807) is 20.8 Å². The Bertz CT molecular complexity index is 499. The second-order valence-corrected chi connectivity index (χ2v) is 8.83. The summed E-state index contributed by atoms with van der Waals surface area (Å²) in [4.78, 5) is 23.8. The van der Waals surface area contributed by atoms with Crippen molar-refractivity contribution in [3.05, 3.63) is 30.3 Å². The molecule has 22 heavy (non-hydrogen) atoms. The van der Waals surface area contributed by atoms with E-state index in [0.717, 1.165) is 4.46 Å². The molecule has 5 nitrogen and oxygen atoms in total. The van der Waals surface area contributed by atoms with Gasteiger partial charge in [-0.1, -0.05) is 0 Å². The summed E-state index contributed by atoms with van der Waals surface area (Å²) < 4.78 is 11.2. The van der Waals surface area contributed by atoms with Crippen molar-refractivity contribution in [1.29, 1.82) is 0 Å². The van der Waals surface area contributed by atoms with Crippen LogP contribution in [0.2, 0.25) is 4.82 Å². The van der Waals surface area contributed by atoms with Crippen LogP contribution in [0.3, 0.4) is 0 Å². The number of benzene rings is 1. The molecule has 0 saturated carbocycles. The third kappa shape index (κ3) is 6.50. The second-order valence-electron chi connectivity index (χ2n) is 5.78. The molecule has 1 aromatic rings. The van der Waals surface area contributed by atoms with Crippen molar-refractivity contribution in [1.82, 2.24) is 5.32 Å². The van der Waals surface area contributed by atoms with E-state index in [0.29, 0.717) is 0 Å². The van der Waals surface area contributed by atoms with Gasteiger partial charge in [0.05, 0.1) is 0 Å². The van der Waals surface area contributed by atoms with Crippen LogP contribution in [0.1, 0.15) is 27.7 Å². The van der Waals surface area contributed by atoms with Gasteiger partial charge in [-0.25, -0.2) is 0 Å². The van der Waals surface area contributed by atoms with Crippen LogP contribution in [0.25, 0.3) is 0 Å². The Labute approximate surface area is 137 Å². The molecule has 0 radical (unpaired) electrons. The van der Waals surface area contributed by atoms with E-state index in [2.05, 4.69) is 5.32 Å². The van der Waals surface area contributed by atoms with Crippen molar-refractivity contribution in [2.24, 2.45) is 0 Å². The van der Waals surface area contributed by atoms with Gasteiger partial charge in [-0.3, -0.25) is 0 Å². The molecule has 1 aromatic carbocycles. The van der Waals surface area contributed by atoms with Gasteiger partial charge in [-0.15, -0.1) is 0 Å². The molecule has 1 N–H and O–H groups in total. The zero-order chi connectivity index (χ0) is 16.8. The molecule has 122 valence electrons. The molecule has 1 amide bonds. The minimum atomic E-state index is -0.722. The number of alkyl carbamates (subject to hydrolysis) is 1. The van der Waals surface area contributed by atoms with Gasteiger partial charge in [0.25, 0.3) is 0 Å². The summed E-state index contributed by atoms with van der Waals surface area (Å²) in [5.41, 5.74) is -0.613. The van der Waals surface area contributed by atoms with Crippen LogP contribution < -0.4 is 9.78 Å². The number of amides is 1. The zero-order valence-electron chi connectivity index (χ0n) is 13.6. The molecule has 2 atom stereocenters. The normalized spacial score (nSPS) is 13.9. The van der Waals surface area contributed by atoms with Crippen LogP contribution in [-0.2, 0) is 14.3 Å². The fraction of sp³-hybridized carbons (Fsp3) is 0.500. The first-order valence-corrected chi connectivity index (χ1v) is 8.86. The Balaban J connectivity index is 2.75. The Morgan fingerprint density at radius 3 is 2.27 bits per heavy atom. The molecule has 0 aliphatic carbocycles. The number of ether oxygens (including phenoxy) is 2. The van der Waals surface area contributed by atoms with Crippen LogP contribution >= 0.6 is 0 Å². The molecule has 0 saturated heterocycles. The summed E-state index contributed by atoms with van der Waals surface area (Å²) in [5.74, 6) is -0.462. The van der Waals surface area contributed by atoms with E-state index in [-0.39, 0.29) is 19.8 Å². The van der Waals surface area contributed by atoms with E-state index < -0.39 is 23.7 Å². The summed E-state index contributed by atoms with van der Waals surface area (Å²) in [6.45, 7) is 7.25. The van der Waals surface area contributed by atoms with Gasteiger partial charge in [0.15, 0.2) is 0 Å². The summed E-state index contributed by atoms with van der Waals surface area (Å²) >= 11 is 0.0229. The van der Waals surface area contributed by atoms with E-state index >= 15 is 0 Å². The van der Waals surface area contributed by atoms with Crippen molar-refractivity contribution in [2.45, 2.75) is 44.2 Å². The van der Waals surface area contributed by atoms with Crippen molar-refractivity contribution >= 4 is 31.5 Å². The molecule has 0 aliphatic rings. The SMILES string of the molecule is COC(=O)[C@@H](NC(=O)OC(C)(C)C)[C@@H](C)[Se]c1ccccc1. The maximum absolute atomic E-state index is 12.0. The van der Waals surface area contributed by atoms with E-state index in [1.807, 2.05) is 37.3 Å². The molecule has 0 heterocycles. The fourth-order valence-electron chi connectivity index (χ4n) is 1.71. The molecule has 0 spiro atoms. The number of carbonyl (C=O) groups is 2. The summed E-state index contributed by atoms with van der Waals surface area (Å²) in [6.07, 6.45) is -0.612. The maximum atomic E-state index is 12.0. The summed E-state index contributed by atoms with van der Waals surface area (Å²) in [5, 5.41) is 2.62. The number of rotatable bonds is 5. The molecule has 0 bridgehead atoms. The van der Waals surface area contributed by atoms with Gasteiger partial charge in [0, 0.05) is 0 Å². The van der Waals surface area contributed by atoms with Gasteiger partial charge >= 0.3 is 137 Å². The quantitative estimate of drug-likeness (QED) is 0.633. The van der Waals surface area contributed by atoms with Gasteiger partial charge < -0.3 is 0 Å². The van der Waals surface area contributed by atoms with Gasteiger partial charge in [-0.2, -0.15) is 0 Å². The topological polar surface area (TPSA) is 64.6 Å². The minimum absolute atomic E-state index is 0.0229. The Morgan fingerprint density at radius 1 is 1.18 bits per heavy atom. The first kappa shape index (κ1) is 18.5. The Hall–Kier alpha value is -1.52. The average Bonchev–Trinajstić information content (AvgIpc) is 2.43. The number of nitrogens with one attached hydrogen (secondary N) is 1. The first-order valence-electron chi connectivity index (χ1n) is 7.02. The Kier molecular flexibility index (Phi) is 6.91. The first-order chi connectivity index (χ1) is 10.2. The van der Waals surface area contributed by atoms with Crippen LogP contribution in [0.4, 0.5) is 4.79 Å². The molecule has 6 heteroatoms. The summed E-state index contributed by atoms with van der Waals surface area (Å²) in [7, 11) is 1.31. The fourth-order valence-corrected chi connectivity index (χ4v) is 3.93. The van der Waals surface area contributed by atoms with Crippen LogP contribution in [0, 0.1) is 0 Å². The number of hydrogen-bond donors (Lipinski definition) is 1. The average molecular weight is 372 g/mol. The van der Waals surface area contributed by atoms with Crippen molar-refractivity contribution in [3.63, 3.8) is 0 Å². The van der Waals surface area contributed by atoms with E-state index in [4.69, 9.17) is 9.47 Å². The molecule has 0 fully saturated rings. The van der Waals surface area contributed by atoms with Crippen molar-refractivity contribution < 1.29 is 19.1 Å². The molecular formula is C16H23NO4Se. The summed E-state index contributed by atoms with van der Waals surface area (Å²) in [6, 6.07) is 9.16.